The highest BCUT2D eigenvalue weighted by atomic mass is 79.9. The lowest BCUT2D eigenvalue weighted by molar-refractivity contribution is 0.391. The first-order valence-corrected chi connectivity index (χ1v) is 9.72. The number of ether oxygens (including phenoxy) is 1. The van der Waals surface area contributed by atoms with Crippen LogP contribution >= 0.6 is 27.5 Å². The summed E-state index contributed by atoms with van der Waals surface area (Å²) in [4.78, 5) is 0. The van der Waals surface area contributed by atoms with Crippen molar-refractivity contribution in [3.05, 3.63) is 22.2 Å². The maximum absolute atomic E-state index is 5.96. The summed E-state index contributed by atoms with van der Waals surface area (Å²) in [6.07, 6.45) is 0. The number of alkyl halides is 1. The molecular weight excluding hydrogens is 308 g/mol. The molecule has 0 aliphatic heterocycles. The fraction of sp³-hybridized carbons (Fsp3) is 0.455. The minimum absolute atomic E-state index is 0.451. The molecule has 0 atom stereocenters. The molecular formula is C11H16BrClO2Si. The van der Waals surface area contributed by atoms with Crippen LogP contribution in [0.2, 0.25) is 19.6 Å². The summed E-state index contributed by atoms with van der Waals surface area (Å²) >= 11 is 9.31. The summed E-state index contributed by atoms with van der Waals surface area (Å²) in [5.74, 6) is 1.97. The average molecular weight is 324 g/mol. The number of halogens is 2. The summed E-state index contributed by atoms with van der Waals surface area (Å²) in [6, 6.07) is 3.83. The van der Waals surface area contributed by atoms with Crippen molar-refractivity contribution in [1.82, 2.24) is 0 Å². The van der Waals surface area contributed by atoms with E-state index in [4.69, 9.17) is 20.8 Å². The molecule has 1 rings (SSSR count). The zero-order valence-electron chi connectivity index (χ0n) is 9.93. The van der Waals surface area contributed by atoms with Gasteiger partial charge in [-0.3, -0.25) is 0 Å². The first kappa shape index (κ1) is 13.9. The van der Waals surface area contributed by atoms with Gasteiger partial charge in [-0.25, -0.2) is 0 Å². The summed E-state index contributed by atoms with van der Waals surface area (Å²) in [7, 11) is 0.000957. The maximum atomic E-state index is 5.96. The van der Waals surface area contributed by atoms with Crippen molar-refractivity contribution in [2.45, 2.75) is 25.5 Å². The van der Waals surface area contributed by atoms with E-state index in [2.05, 4.69) is 35.6 Å². The summed E-state index contributed by atoms with van der Waals surface area (Å²) in [5, 5.41) is 0. The van der Waals surface area contributed by atoms with Crippen molar-refractivity contribution in [1.29, 1.82) is 0 Å². The molecule has 0 aromatic heterocycles. The Balaban J connectivity index is 3.15. The second-order valence-corrected chi connectivity index (χ2v) is 9.99. The Bertz CT molecular complexity index is 377. The van der Waals surface area contributed by atoms with Crippen molar-refractivity contribution < 1.29 is 9.16 Å². The lowest BCUT2D eigenvalue weighted by atomic mass is 10.2. The highest BCUT2D eigenvalue weighted by molar-refractivity contribution is 9.10. The van der Waals surface area contributed by atoms with Crippen molar-refractivity contribution >= 4 is 35.8 Å². The lowest BCUT2D eigenvalue weighted by Crippen LogP contribution is -2.29. The summed E-state index contributed by atoms with van der Waals surface area (Å²) < 4.78 is 12.2. The fourth-order valence-electron chi connectivity index (χ4n) is 1.25. The van der Waals surface area contributed by atoms with E-state index in [1.807, 2.05) is 12.1 Å². The maximum Gasteiger partial charge on any atom is 0.242 e. The van der Waals surface area contributed by atoms with Gasteiger partial charge in [0, 0.05) is 10.4 Å². The van der Waals surface area contributed by atoms with Crippen LogP contribution in [-0.4, -0.2) is 15.4 Å². The molecule has 1 aromatic carbocycles. The summed E-state index contributed by atoms with van der Waals surface area (Å²) in [5.41, 5.74) is 1.01. The van der Waals surface area contributed by atoms with Crippen molar-refractivity contribution in [2.75, 3.05) is 7.11 Å². The molecule has 0 fully saturated rings. The van der Waals surface area contributed by atoms with E-state index >= 15 is 0 Å². The number of rotatable bonds is 4. The second-order valence-electron chi connectivity index (χ2n) is 4.44. The van der Waals surface area contributed by atoms with Gasteiger partial charge in [0.15, 0.2) is 5.75 Å². The van der Waals surface area contributed by atoms with Gasteiger partial charge in [0.2, 0.25) is 8.32 Å². The topological polar surface area (TPSA) is 18.5 Å². The Hall–Kier alpha value is -0.193. The molecule has 0 spiro atoms. The molecule has 0 aliphatic rings. The molecule has 0 radical (unpaired) electrons. The molecule has 90 valence electrons. The van der Waals surface area contributed by atoms with Crippen molar-refractivity contribution in [3.8, 4) is 11.5 Å². The molecule has 2 nitrogen and oxygen atoms in total. The third-order valence-electron chi connectivity index (χ3n) is 1.89. The predicted molar refractivity (Wildman–Crippen MR) is 74.2 cm³/mol. The highest BCUT2D eigenvalue weighted by Gasteiger charge is 2.19. The first-order valence-electron chi connectivity index (χ1n) is 4.99. The quantitative estimate of drug-likeness (QED) is 0.603. The third kappa shape index (κ3) is 3.68. The van der Waals surface area contributed by atoms with Crippen LogP contribution in [-0.2, 0) is 5.88 Å². The SMILES string of the molecule is COc1cc(Br)c(CCl)cc1O[Si](C)(C)C. The van der Waals surface area contributed by atoms with E-state index in [-0.39, 0.29) is 0 Å². The fourth-order valence-corrected chi connectivity index (χ4v) is 2.91. The number of hydrogen-bond acceptors (Lipinski definition) is 2. The Morgan fingerprint density at radius 2 is 1.88 bits per heavy atom. The molecule has 5 heteroatoms. The van der Waals surface area contributed by atoms with Crippen molar-refractivity contribution in [3.63, 3.8) is 0 Å². The number of benzene rings is 1. The van der Waals surface area contributed by atoms with Gasteiger partial charge in [0.05, 0.1) is 7.11 Å². The van der Waals surface area contributed by atoms with E-state index in [1.165, 1.54) is 0 Å². The summed E-state index contributed by atoms with van der Waals surface area (Å²) in [6.45, 7) is 6.40. The predicted octanol–water partition coefficient (Wildman–Crippen LogP) is 4.41. The molecule has 0 aliphatic carbocycles. The molecule has 0 N–H and O–H groups in total. The Morgan fingerprint density at radius 1 is 1.25 bits per heavy atom. The van der Waals surface area contributed by atoms with Crippen LogP contribution in [0.5, 0.6) is 11.5 Å². The molecule has 16 heavy (non-hydrogen) atoms. The largest absolute Gasteiger partial charge is 0.542 e. The van der Waals surface area contributed by atoms with Crippen LogP contribution in [0.25, 0.3) is 0 Å². The smallest absolute Gasteiger partial charge is 0.242 e. The van der Waals surface area contributed by atoms with Gasteiger partial charge in [-0.2, -0.15) is 0 Å². The number of methoxy groups -OCH3 is 1. The Labute approximate surface area is 111 Å². The standard InChI is InChI=1S/C11H16BrClO2Si/c1-14-10-6-9(12)8(7-13)5-11(10)15-16(2,3)4/h5-6H,7H2,1-4H3. The Morgan fingerprint density at radius 3 is 2.31 bits per heavy atom. The van der Waals surface area contributed by atoms with Gasteiger partial charge in [-0.05, 0) is 37.3 Å². The van der Waals surface area contributed by atoms with E-state index in [0.717, 1.165) is 21.5 Å². The van der Waals surface area contributed by atoms with Crippen molar-refractivity contribution in [2.24, 2.45) is 0 Å². The second kappa shape index (κ2) is 5.43. The third-order valence-corrected chi connectivity index (χ3v) is 3.75. The average Bonchev–Trinajstić information content (AvgIpc) is 2.18. The van der Waals surface area contributed by atoms with Crippen LogP contribution < -0.4 is 9.16 Å². The van der Waals surface area contributed by atoms with E-state index < -0.39 is 8.32 Å². The van der Waals surface area contributed by atoms with Gasteiger partial charge in [0.25, 0.3) is 0 Å². The normalized spacial score (nSPS) is 11.4. The first-order chi connectivity index (χ1) is 7.37. The molecule has 0 saturated heterocycles. The zero-order valence-corrected chi connectivity index (χ0v) is 13.3. The van der Waals surface area contributed by atoms with Crippen LogP contribution in [0.4, 0.5) is 0 Å². The van der Waals surface area contributed by atoms with Crippen LogP contribution in [0.15, 0.2) is 16.6 Å². The molecule has 0 amide bonds. The number of hydrogen-bond donors (Lipinski definition) is 0. The molecule has 0 saturated carbocycles. The highest BCUT2D eigenvalue weighted by Crippen LogP contribution is 2.35. The molecule has 0 heterocycles. The van der Waals surface area contributed by atoms with E-state index in [1.54, 1.807) is 7.11 Å². The zero-order chi connectivity index (χ0) is 12.3. The minimum Gasteiger partial charge on any atom is -0.542 e. The van der Waals surface area contributed by atoms with Crippen LogP contribution in [0.3, 0.4) is 0 Å². The van der Waals surface area contributed by atoms with E-state index in [0.29, 0.717) is 5.88 Å². The van der Waals surface area contributed by atoms with Gasteiger partial charge in [-0.1, -0.05) is 15.9 Å². The van der Waals surface area contributed by atoms with Crippen LogP contribution in [0, 0.1) is 0 Å². The van der Waals surface area contributed by atoms with Gasteiger partial charge in [0.1, 0.15) is 5.75 Å². The molecule has 0 bridgehead atoms. The van der Waals surface area contributed by atoms with Gasteiger partial charge in [-0.15, -0.1) is 11.6 Å². The molecule has 0 unspecified atom stereocenters. The lowest BCUT2D eigenvalue weighted by Gasteiger charge is -2.22. The van der Waals surface area contributed by atoms with Crippen LogP contribution in [0.1, 0.15) is 5.56 Å². The molecule has 1 aromatic rings. The monoisotopic (exact) mass is 322 g/mol. The van der Waals surface area contributed by atoms with Gasteiger partial charge < -0.3 is 9.16 Å². The van der Waals surface area contributed by atoms with E-state index in [9.17, 15) is 0 Å². The van der Waals surface area contributed by atoms with Gasteiger partial charge >= 0.3 is 0 Å². The Kier molecular flexibility index (Phi) is 4.70. The minimum atomic E-state index is -1.64.